The molecule has 1 N–H and O–H groups in total. The topological polar surface area (TPSA) is 21.3 Å². The van der Waals surface area contributed by atoms with Gasteiger partial charge in [-0.3, -0.25) is 0 Å². The van der Waals surface area contributed by atoms with Crippen molar-refractivity contribution in [3.63, 3.8) is 0 Å². The van der Waals surface area contributed by atoms with Crippen molar-refractivity contribution < 1.29 is 4.74 Å². The normalized spacial score (nSPS) is 31.0. The Bertz CT molecular complexity index is 811. The van der Waals surface area contributed by atoms with Crippen molar-refractivity contribution in [2.45, 2.75) is 64.6 Å². The van der Waals surface area contributed by atoms with E-state index >= 15 is 0 Å². The predicted octanol–water partition coefficient (Wildman–Crippen LogP) is 6.61. The van der Waals surface area contributed by atoms with Gasteiger partial charge in [-0.1, -0.05) is 41.9 Å². The van der Waals surface area contributed by atoms with E-state index in [1.165, 1.54) is 44.1 Å². The average Bonchev–Trinajstić information content (AvgIpc) is 2.71. The Hall–Kier alpha value is -1.51. The van der Waals surface area contributed by atoms with E-state index in [1.54, 1.807) is 0 Å². The summed E-state index contributed by atoms with van der Waals surface area (Å²) >= 11 is 5.99. The molecule has 4 saturated carbocycles. The van der Waals surface area contributed by atoms with Crippen LogP contribution in [0.1, 0.15) is 56.6 Å². The lowest BCUT2D eigenvalue weighted by molar-refractivity contribution is -0.0706. The molecule has 2 aromatic rings. The van der Waals surface area contributed by atoms with Crippen LogP contribution in [0.25, 0.3) is 0 Å². The zero-order valence-electron chi connectivity index (χ0n) is 17.4. The van der Waals surface area contributed by atoms with E-state index in [4.69, 9.17) is 16.3 Å². The molecule has 1 unspecified atom stereocenters. The highest BCUT2D eigenvalue weighted by atomic mass is 35.5. The Balaban J connectivity index is 1.22. The summed E-state index contributed by atoms with van der Waals surface area (Å²) in [6.07, 6.45) is 8.86. The molecule has 0 radical (unpaired) electrons. The van der Waals surface area contributed by atoms with Crippen LogP contribution in [0.3, 0.4) is 0 Å². The monoisotopic (exact) mass is 409 g/mol. The molecule has 0 heterocycles. The number of halogens is 1. The minimum Gasteiger partial charge on any atom is -0.489 e. The average molecular weight is 410 g/mol. The first-order chi connectivity index (χ1) is 14.1. The molecule has 2 nitrogen and oxygen atoms in total. The van der Waals surface area contributed by atoms with Crippen LogP contribution in [0, 0.1) is 23.2 Å². The molecule has 1 atom stereocenters. The minimum absolute atomic E-state index is 0.536. The fourth-order valence-corrected chi connectivity index (χ4v) is 6.85. The number of ether oxygens (including phenoxy) is 1. The van der Waals surface area contributed by atoms with Crippen molar-refractivity contribution in [1.29, 1.82) is 0 Å². The zero-order chi connectivity index (χ0) is 19.8. The molecule has 4 aliphatic rings. The van der Waals surface area contributed by atoms with Crippen LogP contribution in [0.2, 0.25) is 5.02 Å². The largest absolute Gasteiger partial charge is 0.489 e. The molecule has 4 fully saturated rings. The van der Waals surface area contributed by atoms with Gasteiger partial charge in [-0.15, -0.1) is 0 Å². The third-order valence-electron chi connectivity index (χ3n) is 7.88. The van der Waals surface area contributed by atoms with Crippen LogP contribution >= 0.6 is 11.6 Å². The van der Waals surface area contributed by atoms with Crippen molar-refractivity contribution >= 4 is 11.6 Å². The van der Waals surface area contributed by atoms with E-state index in [0.717, 1.165) is 40.6 Å². The van der Waals surface area contributed by atoms with Crippen molar-refractivity contribution in [1.82, 2.24) is 5.32 Å². The van der Waals surface area contributed by atoms with Crippen molar-refractivity contribution in [2.24, 2.45) is 23.2 Å². The first kappa shape index (κ1) is 19.5. The standard InChI is InChI=1S/C26H32ClNO/c1-18(26-13-20-10-21(14-26)12-22(11-20)15-26)28-16-23-4-2-3-5-25(23)29-17-19-6-8-24(27)9-7-19/h2-9,18,20-22,28H,10-17H2,1H3. The van der Waals surface area contributed by atoms with Crippen LogP contribution in [-0.2, 0) is 13.2 Å². The van der Waals surface area contributed by atoms with Crippen molar-refractivity contribution in [3.05, 3.63) is 64.7 Å². The fraction of sp³-hybridized carbons (Fsp3) is 0.538. The third-order valence-corrected chi connectivity index (χ3v) is 8.14. The molecule has 2 aromatic carbocycles. The molecule has 4 bridgehead atoms. The first-order valence-corrected chi connectivity index (χ1v) is 11.7. The maximum absolute atomic E-state index is 6.16. The third kappa shape index (κ3) is 4.07. The summed E-state index contributed by atoms with van der Waals surface area (Å²) in [5.41, 5.74) is 2.92. The van der Waals surface area contributed by atoms with Crippen LogP contribution in [-0.4, -0.2) is 6.04 Å². The molecule has 0 amide bonds. The molecule has 154 valence electrons. The summed E-state index contributed by atoms with van der Waals surface area (Å²) in [7, 11) is 0. The smallest absolute Gasteiger partial charge is 0.124 e. The lowest BCUT2D eigenvalue weighted by Crippen LogP contribution is -2.54. The molecule has 0 aliphatic heterocycles. The van der Waals surface area contributed by atoms with Gasteiger partial charge < -0.3 is 10.1 Å². The lowest BCUT2D eigenvalue weighted by atomic mass is 9.48. The Morgan fingerprint density at radius 1 is 0.966 bits per heavy atom. The summed E-state index contributed by atoms with van der Waals surface area (Å²) in [4.78, 5) is 0. The minimum atomic E-state index is 0.536. The van der Waals surface area contributed by atoms with Crippen molar-refractivity contribution in [2.75, 3.05) is 0 Å². The molecule has 0 spiro atoms. The first-order valence-electron chi connectivity index (χ1n) is 11.3. The molecule has 0 saturated heterocycles. The van der Waals surface area contributed by atoms with Crippen LogP contribution in [0.15, 0.2) is 48.5 Å². The van der Waals surface area contributed by atoms with E-state index in [1.807, 2.05) is 24.3 Å². The number of hydrogen-bond acceptors (Lipinski definition) is 2. The summed E-state index contributed by atoms with van der Waals surface area (Å²) in [5, 5.41) is 4.67. The molecule has 0 aromatic heterocycles. The number of benzene rings is 2. The Morgan fingerprint density at radius 3 is 2.24 bits per heavy atom. The Kier molecular flexibility index (Phi) is 5.34. The molecule has 4 aliphatic carbocycles. The summed E-state index contributed by atoms with van der Waals surface area (Å²) in [6.45, 7) is 3.88. The quantitative estimate of drug-likeness (QED) is 0.555. The SMILES string of the molecule is CC(NCc1ccccc1OCc1ccc(Cl)cc1)C12CC3CC(CC(C3)C1)C2. The van der Waals surface area contributed by atoms with E-state index in [2.05, 4.69) is 36.5 Å². The van der Waals surface area contributed by atoms with E-state index in [-0.39, 0.29) is 0 Å². The summed E-state index contributed by atoms with van der Waals surface area (Å²) in [6, 6.07) is 16.9. The molecule has 6 rings (SSSR count). The maximum Gasteiger partial charge on any atom is 0.124 e. The highest BCUT2D eigenvalue weighted by molar-refractivity contribution is 6.30. The summed E-state index contributed by atoms with van der Waals surface area (Å²) < 4.78 is 6.16. The van der Waals surface area contributed by atoms with Gasteiger partial charge >= 0.3 is 0 Å². The number of hydrogen-bond donors (Lipinski definition) is 1. The van der Waals surface area contributed by atoms with Gasteiger partial charge in [0.05, 0.1) is 0 Å². The maximum atomic E-state index is 6.16. The van der Waals surface area contributed by atoms with E-state index < -0.39 is 0 Å². The van der Waals surface area contributed by atoms with Gasteiger partial charge in [0, 0.05) is 23.2 Å². The number of para-hydroxylation sites is 1. The highest BCUT2D eigenvalue weighted by Gasteiger charge is 2.52. The Morgan fingerprint density at radius 2 is 1.59 bits per heavy atom. The van der Waals surface area contributed by atoms with Crippen molar-refractivity contribution in [3.8, 4) is 5.75 Å². The van der Waals surface area contributed by atoms with Crippen LogP contribution < -0.4 is 10.1 Å². The second-order valence-corrected chi connectivity index (χ2v) is 10.3. The molecular formula is C26H32ClNO. The molecular weight excluding hydrogens is 378 g/mol. The van der Waals surface area contributed by atoms with Gasteiger partial charge in [-0.2, -0.15) is 0 Å². The van der Waals surface area contributed by atoms with E-state index in [0.29, 0.717) is 18.1 Å². The molecule has 3 heteroatoms. The number of rotatable bonds is 7. The fourth-order valence-electron chi connectivity index (χ4n) is 6.72. The second-order valence-electron chi connectivity index (χ2n) is 9.91. The Labute approximate surface area is 180 Å². The van der Waals surface area contributed by atoms with Gasteiger partial charge in [0.15, 0.2) is 0 Å². The number of nitrogens with one attached hydrogen (secondary N) is 1. The molecule has 29 heavy (non-hydrogen) atoms. The van der Waals surface area contributed by atoms with Crippen LogP contribution in [0.4, 0.5) is 0 Å². The van der Waals surface area contributed by atoms with Gasteiger partial charge in [0.2, 0.25) is 0 Å². The predicted molar refractivity (Wildman–Crippen MR) is 119 cm³/mol. The van der Waals surface area contributed by atoms with Gasteiger partial charge in [-0.05, 0) is 92.4 Å². The van der Waals surface area contributed by atoms with Gasteiger partial charge in [0.1, 0.15) is 12.4 Å². The van der Waals surface area contributed by atoms with Gasteiger partial charge in [0.25, 0.3) is 0 Å². The van der Waals surface area contributed by atoms with Crippen LogP contribution in [0.5, 0.6) is 5.75 Å². The highest BCUT2D eigenvalue weighted by Crippen LogP contribution is 2.61. The van der Waals surface area contributed by atoms with E-state index in [9.17, 15) is 0 Å². The lowest BCUT2D eigenvalue weighted by Gasteiger charge is -2.59. The zero-order valence-corrected chi connectivity index (χ0v) is 18.1. The summed E-state index contributed by atoms with van der Waals surface area (Å²) in [5.74, 6) is 3.98. The van der Waals surface area contributed by atoms with Gasteiger partial charge in [-0.25, -0.2) is 0 Å². The second kappa shape index (κ2) is 7.96.